The Morgan fingerprint density at radius 2 is 1.76 bits per heavy atom. The number of hydrogen-bond donors (Lipinski definition) is 1. The molecule has 1 N–H and O–H groups in total. The van der Waals surface area contributed by atoms with Gasteiger partial charge in [-0.25, -0.2) is 0 Å². The molecule has 1 aliphatic rings. The molecule has 1 heterocycles. The van der Waals surface area contributed by atoms with E-state index in [1.54, 1.807) is 0 Å². The van der Waals surface area contributed by atoms with Crippen LogP contribution in [0.25, 0.3) is 0 Å². The third kappa shape index (κ3) is 3.21. The molecule has 2 aromatic rings. The Bertz CT molecular complexity index is 564. The minimum atomic E-state index is 0.211. The van der Waals surface area contributed by atoms with E-state index in [0.29, 0.717) is 0 Å². The monoisotopic (exact) mass is 283 g/mol. The van der Waals surface area contributed by atoms with Crippen LogP contribution in [0.5, 0.6) is 0 Å². The van der Waals surface area contributed by atoms with Crippen LogP contribution in [-0.2, 0) is 0 Å². The van der Waals surface area contributed by atoms with Gasteiger partial charge in [0.25, 0.3) is 0 Å². The van der Waals surface area contributed by atoms with E-state index in [2.05, 4.69) is 35.6 Å². The third-order valence-corrected chi connectivity index (χ3v) is 4.72. The second-order valence-corrected chi connectivity index (χ2v) is 6.21. The van der Waals surface area contributed by atoms with Crippen LogP contribution in [0.3, 0.4) is 0 Å². The zero-order valence-electron chi connectivity index (χ0n) is 13.1. The Kier molecular flexibility index (Phi) is 4.45. The molecule has 0 spiro atoms. The first-order valence-electron chi connectivity index (χ1n) is 8.10. The van der Waals surface area contributed by atoms with Gasteiger partial charge in [-0.1, -0.05) is 43.5 Å². The zero-order chi connectivity index (χ0) is 14.7. The molecule has 1 saturated carbocycles. The van der Waals surface area contributed by atoms with Gasteiger partial charge in [0.2, 0.25) is 0 Å². The van der Waals surface area contributed by atoms with Gasteiger partial charge in [-0.2, -0.15) is 0 Å². The molecule has 112 valence electrons. The second kappa shape index (κ2) is 6.48. The van der Waals surface area contributed by atoms with Crippen molar-refractivity contribution in [3.63, 3.8) is 0 Å². The van der Waals surface area contributed by atoms with Crippen LogP contribution < -0.4 is 5.32 Å². The van der Waals surface area contributed by atoms with E-state index in [-0.39, 0.29) is 6.04 Å². The summed E-state index contributed by atoms with van der Waals surface area (Å²) in [5.41, 5.74) is 4.01. The van der Waals surface area contributed by atoms with Crippen molar-refractivity contribution < 1.29 is 4.42 Å². The number of hydrogen-bond acceptors (Lipinski definition) is 2. The molecule has 1 aromatic carbocycles. The molecule has 2 heteroatoms. The summed E-state index contributed by atoms with van der Waals surface area (Å²) < 4.78 is 5.45. The molecule has 0 aliphatic heterocycles. The van der Waals surface area contributed by atoms with Gasteiger partial charge in [0.05, 0.1) is 12.3 Å². The number of rotatable bonds is 4. The van der Waals surface area contributed by atoms with Gasteiger partial charge in [-0.05, 0) is 49.9 Å². The average molecular weight is 283 g/mol. The molecular formula is C19H25NO. The first kappa shape index (κ1) is 14.4. The first-order valence-corrected chi connectivity index (χ1v) is 8.10. The molecular weight excluding hydrogens is 258 g/mol. The first-order chi connectivity index (χ1) is 10.3. The molecule has 1 fully saturated rings. The average Bonchev–Trinajstić information content (AvgIpc) is 2.96. The minimum absolute atomic E-state index is 0.211. The predicted octanol–water partition coefficient (Wildman–Crippen LogP) is 4.94. The molecule has 2 nitrogen and oxygen atoms in total. The van der Waals surface area contributed by atoms with E-state index >= 15 is 0 Å². The zero-order valence-corrected chi connectivity index (χ0v) is 13.1. The van der Waals surface area contributed by atoms with Gasteiger partial charge in [-0.15, -0.1) is 0 Å². The molecule has 1 aromatic heterocycles. The van der Waals surface area contributed by atoms with E-state index < -0.39 is 0 Å². The van der Waals surface area contributed by atoms with Gasteiger partial charge in [0.15, 0.2) is 0 Å². The van der Waals surface area contributed by atoms with Gasteiger partial charge in [0, 0.05) is 5.56 Å². The van der Waals surface area contributed by atoms with Crippen molar-refractivity contribution in [2.75, 3.05) is 7.05 Å². The predicted molar refractivity (Wildman–Crippen MR) is 86.6 cm³/mol. The van der Waals surface area contributed by atoms with Crippen LogP contribution in [0.4, 0.5) is 0 Å². The molecule has 3 rings (SSSR count). The van der Waals surface area contributed by atoms with E-state index in [9.17, 15) is 0 Å². The fourth-order valence-corrected chi connectivity index (χ4v) is 3.54. The number of aryl methyl sites for hydroxylation is 1. The molecule has 0 saturated heterocycles. The summed E-state index contributed by atoms with van der Waals surface area (Å²) >= 11 is 0. The normalized spacial score (nSPS) is 17.8. The lowest BCUT2D eigenvalue weighted by Crippen LogP contribution is -2.17. The lowest BCUT2D eigenvalue weighted by molar-refractivity contribution is 0.443. The molecule has 0 bridgehead atoms. The Morgan fingerprint density at radius 3 is 2.33 bits per heavy atom. The molecule has 0 amide bonds. The summed E-state index contributed by atoms with van der Waals surface area (Å²) in [5, 5.41) is 3.39. The van der Waals surface area contributed by atoms with E-state index in [1.165, 1.54) is 48.8 Å². The SMILES string of the molecule is CNC(c1ccc(C2CCCCC2)cc1)c1coc(C)c1. The Morgan fingerprint density at radius 1 is 1.05 bits per heavy atom. The van der Waals surface area contributed by atoms with Crippen LogP contribution in [0, 0.1) is 6.92 Å². The van der Waals surface area contributed by atoms with Gasteiger partial charge >= 0.3 is 0 Å². The highest BCUT2D eigenvalue weighted by Crippen LogP contribution is 2.33. The lowest BCUT2D eigenvalue weighted by Gasteiger charge is -2.23. The topological polar surface area (TPSA) is 25.2 Å². The molecule has 21 heavy (non-hydrogen) atoms. The van der Waals surface area contributed by atoms with E-state index in [1.807, 2.05) is 20.2 Å². The van der Waals surface area contributed by atoms with Crippen molar-refractivity contribution in [3.05, 3.63) is 59.0 Å². The van der Waals surface area contributed by atoms with Crippen LogP contribution in [-0.4, -0.2) is 7.05 Å². The minimum Gasteiger partial charge on any atom is -0.469 e. The maximum absolute atomic E-state index is 5.45. The van der Waals surface area contributed by atoms with Crippen molar-refractivity contribution in [2.45, 2.75) is 51.0 Å². The maximum Gasteiger partial charge on any atom is 0.101 e. The number of nitrogens with one attached hydrogen (secondary N) is 1. The standard InChI is InChI=1S/C19H25NO/c1-14-12-18(13-21-14)19(20-2)17-10-8-16(9-11-17)15-6-4-3-5-7-15/h8-13,15,19-20H,3-7H2,1-2H3. The van der Waals surface area contributed by atoms with Crippen molar-refractivity contribution in [1.29, 1.82) is 0 Å². The summed E-state index contributed by atoms with van der Waals surface area (Å²) in [6, 6.07) is 11.5. The van der Waals surface area contributed by atoms with E-state index in [0.717, 1.165) is 11.7 Å². The van der Waals surface area contributed by atoms with Crippen molar-refractivity contribution in [2.24, 2.45) is 0 Å². The maximum atomic E-state index is 5.45. The highest BCUT2D eigenvalue weighted by atomic mass is 16.3. The molecule has 1 aliphatic carbocycles. The lowest BCUT2D eigenvalue weighted by atomic mass is 9.83. The summed E-state index contributed by atoms with van der Waals surface area (Å²) in [4.78, 5) is 0. The molecule has 0 radical (unpaired) electrons. The van der Waals surface area contributed by atoms with Crippen LogP contribution in [0.1, 0.15) is 66.5 Å². The van der Waals surface area contributed by atoms with Crippen LogP contribution in [0.2, 0.25) is 0 Å². The summed E-state index contributed by atoms with van der Waals surface area (Å²) in [7, 11) is 2.00. The summed E-state index contributed by atoms with van der Waals surface area (Å²) in [5.74, 6) is 1.74. The highest BCUT2D eigenvalue weighted by molar-refractivity contribution is 5.34. The number of benzene rings is 1. The molecule has 1 atom stereocenters. The van der Waals surface area contributed by atoms with Crippen molar-refractivity contribution in [3.8, 4) is 0 Å². The van der Waals surface area contributed by atoms with Crippen LogP contribution >= 0.6 is 0 Å². The Hall–Kier alpha value is -1.54. The molecule has 1 unspecified atom stereocenters. The largest absolute Gasteiger partial charge is 0.469 e. The van der Waals surface area contributed by atoms with E-state index in [4.69, 9.17) is 4.42 Å². The smallest absolute Gasteiger partial charge is 0.101 e. The van der Waals surface area contributed by atoms with Gasteiger partial charge in [-0.3, -0.25) is 0 Å². The second-order valence-electron chi connectivity index (χ2n) is 6.21. The summed E-state index contributed by atoms with van der Waals surface area (Å²) in [6.45, 7) is 1.99. The Balaban J connectivity index is 1.78. The Labute approximate surface area is 127 Å². The third-order valence-electron chi connectivity index (χ3n) is 4.72. The fraction of sp³-hybridized carbons (Fsp3) is 0.474. The quantitative estimate of drug-likeness (QED) is 0.859. The highest BCUT2D eigenvalue weighted by Gasteiger charge is 2.17. The fourth-order valence-electron chi connectivity index (χ4n) is 3.54. The van der Waals surface area contributed by atoms with Crippen molar-refractivity contribution in [1.82, 2.24) is 5.32 Å². The van der Waals surface area contributed by atoms with Gasteiger partial charge < -0.3 is 9.73 Å². The number of furan rings is 1. The van der Waals surface area contributed by atoms with Crippen molar-refractivity contribution >= 4 is 0 Å². The summed E-state index contributed by atoms with van der Waals surface area (Å²) in [6.07, 6.45) is 8.76. The van der Waals surface area contributed by atoms with Gasteiger partial charge in [0.1, 0.15) is 5.76 Å². The van der Waals surface area contributed by atoms with Crippen LogP contribution in [0.15, 0.2) is 41.0 Å².